The van der Waals surface area contributed by atoms with Crippen molar-refractivity contribution in [2.75, 3.05) is 12.8 Å². The van der Waals surface area contributed by atoms with Gasteiger partial charge in [0.05, 0.1) is 0 Å². The van der Waals surface area contributed by atoms with Crippen LogP contribution < -0.4 is 5.32 Å². The minimum Gasteiger partial charge on any atom is -0.312 e. The molecule has 0 aliphatic carbocycles. The van der Waals surface area contributed by atoms with Crippen molar-refractivity contribution in [3.05, 3.63) is 65.2 Å². The van der Waals surface area contributed by atoms with Crippen LogP contribution in [0.5, 0.6) is 0 Å². The molecule has 0 saturated heterocycles. The zero-order valence-electron chi connectivity index (χ0n) is 13.4. The van der Waals surface area contributed by atoms with E-state index in [4.69, 9.17) is 0 Å². The number of hydrogen-bond donors (Lipinski definition) is 1. The van der Waals surface area contributed by atoms with E-state index in [1.54, 1.807) is 0 Å². The highest BCUT2D eigenvalue weighted by Crippen LogP contribution is 2.27. The van der Waals surface area contributed by atoms with Crippen LogP contribution in [0.3, 0.4) is 0 Å². The van der Waals surface area contributed by atoms with E-state index >= 15 is 0 Å². The van der Waals surface area contributed by atoms with E-state index in [1.807, 2.05) is 18.8 Å². The van der Waals surface area contributed by atoms with Crippen molar-refractivity contribution in [2.24, 2.45) is 0 Å². The lowest BCUT2D eigenvalue weighted by Gasteiger charge is -2.18. The van der Waals surface area contributed by atoms with Crippen molar-refractivity contribution in [1.29, 1.82) is 0 Å². The normalized spacial score (nSPS) is 12.6. The zero-order chi connectivity index (χ0) is 15.2. The van der Waals surface area contributed by atoms with Gasteiger partial charge in [-0.25, -0.2) is 0 Å². The SMILES string of the molecule is CNC(CSc1ccc(C(C)C)cc1)c1ccccc1C. The first-order chi connectivity index (χ1) is 10.1. The molecule has 1 atom stereocenters. The Morgan fingerprint density at radius 3 is 2.24 bits per heavy atom. The Bertz CT molecular complexity index is 560. The van der Waals surface area contributed by atoms with E-state index in [2.05, 4.69) is 74.6 Å². The van der Waals surface area contributed by atoms with Crippen LogP contribution in [0.1, 0.15) is 42.5 Å². The zero-order valence-corrected chi connectivity index (χ0v) is 14.2. The maximum absolute atomic E-state index is 3.44. The van der Waals surface area contributed by atoms with Gasteiger partial charge in [0.2, 0.25) is 0 Å². The summed E-state index contributed by atoms with van der Waals surface area (Å²) in [6, 6.07) is 18.0. The van der Waals surface area contributed by atoms with Crippen LogP contribution in [0.2, 0.25) is 0 Å². The van der Waals surface area contributed by atoms with Gasteiger partial charge in [0, 0.05) is 16.7 Å². The maximum Gasteiger partial charge on any atom is 0.0415 e. The molecule has 2 aromatic rings. The van der Waals surface area contributed by atoms with Crippen LogP contribution in [0.15, 0.2) is 53.4 Å². The van der Waals surface area contributed by atoms with Crippen molar-refractivity contribution >= 4 is 11.8 Å². The number of benzene rings is 2. The van der Waals surface area contributed by atoms with E-state index in [9.17, 15) is 0 Å². The molecule has 0 radical (unpaired) electrons. The molecule has 1 N–H and O–H groups in total. The molecule has 2 rings (SSSR count). The average Bonchev–Trinajstić information content (AvgIpc) is 2.50. The van der Waals surface area contributed by atoms with E-state index in [-0.39, 0.29) is 0 Å². The second kappa shape index (κ2) is 7.67. The lowest BCUT2D eigenvalue weighted by Crippen LogP contribution is -2.19. The Morgan fingerprint density at radius 1 is 1.00 bits per heavy atom. The molecule has 0 spiro atoms. The summed E-state index contributed by atoms with van der Waals surface area (Å²) >= 11 is 1.91. The van der Waals surface area contributed by atoms with E-state index in [1.165, 1.54) is 21.6 Å². The van der Waals surface area contributed by atoms with Crippen LogP contribution in [0.25, 0.3) is 0 Å². The standard InChI is InChI=1S/C19H25NS/c1-14(2)16-9-11-17(12-10-16)21-13-19(20-4)18-8-6-5-7-15(18)3/h5-12,14,19-20H,13H2,1-4H3. The minimum atomic E-state index is 0.390. The van der Waals surface area contributed by atoms with E-state index in [0.717, 1.165) is 5.75 Å². The number of hydrogen-bond acceptors (Lipinski definition) is 2. The Labute approximate surface area is 133 Å². The topological polar surface area (TPSA) is 12.0 Å². The summed E-state index contributed by atoms with van der Waals surface area (Å²) in [5.41, 5.74) is 4.15. The third kappa shape index (κ3) is 4.36. The summed E-state index contributed by atoms with van der Waals surface area (Å²) in [7, 11) is 2.04. The second-order valence-corrected chi connectivity index (χ2v) is 6.83. The van der Waals surface area contributed by atoms with Gasteiger partial charge in [-0.05, 0) is 48.7 Å². The van der Waals surface area contributed by atoms with Gasteiger partial charge in [-0.15, -0.1) is 11.8 Å². The summed E-state index contributed by atoms with van der Waals surface area (Å²) in [5.74, 6) is 1.64. The van der Waals surface area contributed by atoms with Crippen LogP contribution in [-0.2, 0) is 0 Å². The number of thioether (sulfide) groups is 1. The van der Waals surface area contributed by atoms with Gasteiger partial charge >= 0.3 is 0 Å². The van der Waals surface area contributed by atoms with Crippen molar-refractivity contribution < 1.29 is 0 Å². The Morgan fingerprint density at radius 2 is 1.67 bits per heavy atom. The van der Waals surface area contributed by atoms with Gasteiger partial charge < -0.3 is 5.32 Å². The van der Waals surface area contributed by atoms with Crippen molar-refractivity contribution in [3.63, 3.8) is 0 Å². The van der Waals surface area contributed by atoms with Gasteiger partial charge in [-0.2, -0.15) is 0 Å². The third-order valence-electron chi connectivity index (χ3n) is 3.88. The highest BCUT2D eigenvalue weighted by Gasteiger charge is 2.11. The minimum absolute atomic E-state index is 0.390. The van der Waals surface area contributed by atoms with Crippen molar-refractivity contribution in [2.45, 2.75) is 37.6 Å². The van der Waals surface area contributed by atoms with Gasteiger partial charge in [0.15, 0.2) is 0 Å². The second-order valence-electron chi connectivity index (χ2n) is 5.73. The van der Waals surface area contributed by atoms with Crippen LogP contribution in [0.4, 0.5) is 0 Å². The lowest BCUT2D eigenvalue weighted by molar-refractivity contribution is 0.658. The average molecular weight is 299 g/mol. The van der Waals surface area contributed by atoms with Gasteiger partial charge in [-0.1, -0.05) is 50.2 Å². The molecule has 0 heterocycles. The van der Waals surface area contributed by atoms with E-state index in [0.29, 0.717) is 12.0 Å². The van der Waals surface area contributed by atoms with Gasteiger partial charge in [0.1, 0.15) is 0 Å². The quantitative estimate of drug-likeness (QED) is 0.738. The molecule has 2 aromatic carbocycles. The maximum atomic E-state index is 3.44. The lowest BCUT2D eigenvalue weighted by atomic mass is 10.0. The van der Waals surface area contributed by atoms with Gasteiger partial charge in [0.25, 0.3) is 0 Å². The first kappa shape index (κ1) is 16.1. The Hall–Kier alpha value is -1.25. The number of nitrogens with one attached hydrogen (secondary N) is 1. The van der Waals surface area contributed by atoms with Crippen LogP contribution in [0, 0.1) is 6.92 Å². The molecule has 0 amide bonds. The van der Waals surface area contributed by atoms with E-state index < -0.39 is 0 Å². The molecule has 1 nitrogen and oxygen atoms in total. The first-order valence-corrected chi connectivity index (χ1v) is 8.56. The fourth-order valence-corrected chi connectivity index (χ4v) is 3.47. The van der Waals surface area contributed by atoms with Crippen LogP contribution in [-0.4, -0.2) is 12.8 Å². The van der Waals surface area contributed by atoms with Gasteiger partial charge in [-0.3, -0.25) is 0 Å². The van der Waals surface area contributed by atoms with Crippen molar-refractivity contribution in [1.82, 2.24) is 5.32 Å². The smallest absolute Gasteiger partial charge is 0.0415 e. The monoisotopic (exact) mass is 299 g/mol. The number of aryl methyl sites for hydroxylation is 1. The third-order valence-corrected chi connectivity index (χ3v) is 4.98. The highest BCUT2D eigenvalue weighted by atomic mass is 32.2. The fourth-order valence-electron chi connectivity index (χ4n) is 2.43. The molecule has 2 heteroatoms. The predicted octanol–water partition coefficient (Wildman–Crippen LogP) is 5.17. The molecule has 1 unspecified atom stereocenters. The molecule has 112 valence electrons. The summed E-state index contributed by atoms with van der Waals surface area (Å²) < 4.78 is 0. The largest absolute Gasteiger partial charge is 0.312 e. The molecule has 21 heavy (non-hydrogen) atoms. The Kier molecular flexibility index (Phi) is 5.89. The molecular formula is C19H25NS. The molecule has 0 aromatic heterocycles. The Balaban J connectivity index is 2.02. The molecule has 0 aliphatic rings. The fraction of sp³-hybridized carbons (Fsp3) is 0.368. The van der Waals surface area contributed by atoms with Crippen molar-refractivity contribution in [3.8, 4) is 0 Å². The predicted molar refractivity (Wildman–Crippen MR) is 94.2 cm³/mol. The summed E-state index contributed by atoms with van der Waals surface area (Å²) in [4.78, 5) is 1.34. The molecule has 0 fully saturated rings. The molecular weight excluding hydrogens is 274 g/mol. The summed E-state index contributed by atoms with van der Waals surface area (Å²) in [6.07, 6.45) is 0. The molecule has 0 bridgehead atoms. The first-order valence-electron chi connectivity index (χ1n) is 7.57. The summed E-state index contributed by atoms with van der Waals surface area (Å²) in [5, 5.41) is 3.44. The molecule has 0 aliphatic heterocycles. The highest BCUT2D eigenvalue weighted by molar-refractivity contribution is 7.99. The van der Waals surface area contributed by atoms with Crippen LogP contribution >= 0.6 is 11.8 Å². The number of rotatable bonds is 6. The summed E-state index contributed by atoms with van der Waals surface area (Å²) in [6.45, 7) is 6.65. The molecule has 0 saturated carbocycles.